The van der Waals surface area contributed by atoms with Gasteiger partial charge < -0.3 is 9.47 Å². The smallest absolute Gasteiger partial charge is 0.310 e. The van der Waals surface area contributed by atoms with Crippen molar-refractivity contribution < 1.29 is 19.1 Å². The summed E-state index contributed by atoms with van der Waals surface area (Å²) in [5.74, 6) is -1.41. The zero-order chi connectivity index (χ0) is 16.2. The van der Waals surface area contributed by atoms with E-state index in [0.29, 0.717) is 12.8 Å². The van der Waals surface area contributed by atoms with Gasteiger partial charge in [-0.05, 0) is 18.4 Å². The van der Waals surface area contributed by atoms with Gasteiger partial charge in [-0.15, -0.1) is 0 Å². The van der Waals surface area contributed by atoms with Crippen molar-refractivity contribution in [3.63, 3.8) is 0 Å². The lowest BCUT2D eigenvalue weighted by atomic mass is 9.45. The molecule has 1 fully saturated rings. The summed E-state index contributed by atoms with van der Waals surface area (Å²) >= 11 is 0. The lowest BCUT2D eigenvalue weighted by Gasteiger charge is -2.38. The molecule has 116 valence electrons. The van der Waals surface area contributed by atoms with Crippen LogP contribution in [0.5, 0.6) is 0 Å². The zero-order valence-electron chi connectivity index (χ0n) is 13.5. The number of methoxy groups -OCH3 is 1. The third-order valence-corrected chi connectivity index (χ3v) is 4.42. The standard InChI is InChI=1S/C16H22B2O4/c1-21-14(19)12-7-8-16(17,18)9-13(12)15(20)22-10-11-5-3-2-4-6-11/h2-6,12-13H,7-10,17-18H2,1H3. The number of hydrogen-bond acceptors (Lipinski definition) is 4. The number of rotatable bonds is 4. The molecule has 0 aromatic heterocycles. The molecule has 1 aliphatic carbocycles. The van der Waals surface area contributed by atoms with Crippen molar-refractivity contribution in [1.29, 1.82) is 0 Å². The van der Waals surface area contributed by atoms with E-state index in [4.69, 9.17) is 9.47 Å². The Bertz CT molecular complexity index is 530. The van der Waals surface area contributed by atoms with E-state index in [0.717, 1.165) is 12.0 Å². The van der Waals surface area contributed by atoms with Gasteiger partial charge in [0.1, 0.15) is 6.61 Å². The van der Waals surface area contributed by atoms with E-state index in [2.05, 4.69) is 15.7 Å². The van der Waals surface area contributed by atoms with E-state index in [9.17, 15) is 9.59 Å². The fraction of sp³-hybridized carbons (Fsp3) is 0.500. The van der Waals surface area contributed by atoms with Crippen LogP contribution in [-0.4, -0.2) is 34.7 Å². The highest BCUT2D eigenvalue weighted by molar-refractivity contribution is 6.39. The van der Waals surface area contributed by atoms with Crippen LogP contribution in [0.3, 0.4) is 0 Å². The first-order valence-corrected chi connectivity index (χ1v) is 7.71. The van der Waals surface area contributed by atoms with Crippen molar-refractivity contribution in [3.8, 4) is 0 Å². The van der Waals surface area contributed by atoms with E-state index < -0.39 is 5.92 Å². The summed E-state index contributed by atoms with van der Waals surface area (Å²) in [6.07, 6.45) is 2.24. The number of ether oxygens (including phenoxy) is 2. The molecule has 2 unspecified atom stereocenters. The molecule has 1 saturated carbocycles. The van der Waals surface area contributed by atoms with Gasteiger partial charge in [0.05, 0.1) is 34.6 Å². The highest BCUT2D eigenvalue weighted by Gasteiger charge is 2.43. The minimum Gasteiger partial charge on any atom is -0.469 e. The monoisotopic (exact) mass is 300 g/mol. The van der Waals surface area contributed by atoms with Gasteiger partial charge >= 0.3 is 11.9 Å². The first-order valence-electron chi connectivity index (χ1n) is 7.71. The summed E-state index contributed by atoms with van der Waals surface area (Å²) in [6.45, 7) is 0.241. The Labute approximate surface area is 133 Å². The molecule has 1 aromatic rings. The van der Waals surface area contributed by atoms with Crippen LogP contribution < -0.4 is 0 Å². The van der Waals surface area contributed by atoms with Gasteiger partial charge in [-0.3, -0.25) is 9.59 Å². The number of hydrogen-bond donors (Lipinski definition) is 0. The Morgan fingerprint density at radius 3 is 2.50 bits per heavy atom. The summed E-state index contributed by atoms with van der Waals surface area (Å²) in [4.78, 5) is 24.4. The Balaban J connectivity index is 2.04. The minimum atomic E-state index is -0.417. The molecule has 0 radical (unpaired) electrons. The van der Waals surface area contributed by atoms with Gasteiger partial charge in [-0.25, -0.2) is 0 Å². The summed E-state index contributed by atoms with van der Waals surface area (Å²) in [6, 6.07) is 9.56. The van der Waals surface area contributed by atoms with Gasteiger partial charge in [0, 0.05) is 0 Å². The number of benzene rings is 1. The van der Waals surface area contributed by atoms with Gasteiger partial charge in [0.15, 0.2) is 0 Å². The fourth-order valence-electron chi connectivity index (χ4n) is 3.10. The predicted molar refractivity (Wildman–Crippen MR) is 88.9 cm³/mol. The maximum Gasteiger partial charge on any atom is 0.310 e. The van der Waals surface area contributed by atoms with Crippen molar-refractivity contribution in [2.24, 2.45) is 11.8 Å². The first-order chi connectivity index (χ1) is 10.4. The van der Waals surface area contributed by atoms with E-state index in [-0.39, 0.29) is 29.7 Å². The number of esters is 2. The van der Waals surface area contributed by atoms with Gasteiger partial charge in [0.25, 0.3) is 0 Å². The molecule has 0 N–H and O–H groups in total. The molecule has 0 heterocycles. The van der Waals surface area contributed by atoms with Crippen LogP contribution in [0.25, 0.3) is 0 Å². The van der Waals surface area contributed by atoms with Crippen molar-refractivity contribution in [3.05, 3.63) is 35.9 Å². The molecular weight excluding hydrogens is 278 g/mol. The third-order valence-electron chi connectivity index (χ3n) is 4.42. The fourth-order valence-corrected chi connectivity index (χ4v) is 3.10. The van der Waals surface area contributed by atoms with Crippen LogP contribution in [0.15, 0.2) is 30.3 Å². The molecule has 1 aromatic carbocycles. The molecule has 0 spiro atoms. The van der Waals surface area contributed by atoms with E-state index in [1.54, 1.807) is 0 Å². The van der Waals surface area contributed by atoms with Crippen LogP contribution in [-0.2, 0) is 25.7 Å². The molecule has 6 heteroatoms. The molecule has 22 heavy (non-hydrogen) atoms. The molecule has 1 aliphatic rings. The van der Waals surface area contributed by atoms with E-state index in [1.165, 1.54) is 7.11 Å². The number of carbonyl (C=O) groups excluding carboxylic acids is 2. The summed E-state index contributed by atoms with van der Waals surface area (Å²) in [7, 11) is 5.62. The summed E-state index contributed by atoms with van der Waals surface area (Å²) in [5.41, 5.74) is 0.945. The molecule has 0 saturated heterocycles. The average Bonchev–Trinajstić information content (AvgIpc) is 2.52. The highest BCUT2D eigenvalue weighted by atomic mass is 16.5. The lowest BCUT2D eigenvalue weighted by Crippen LogP contribution is -2.39. The normalized spacial score (nSPS) is 23.5. The molecule has 2 rings (SSSR count). The molecule has 0 aliphatic heterocycles. The molecule has 2 atom stereocenters. The minimum absolute atomic E-state index is 0.0426. The zero-order valence-corrected chi connectivity index (χ0v) is 13.5. The van der Waals surface area contributed by atoms with Crippen LogP contribution >= 0.6 is 0 Å². The number of carbonyl (C=O) groups is 2. The van der Waals surface area contributed by atoms with Crippen LogP contribution in [0.1, 0.15) is 24.8 Å². The lowest BCUT2D eigenvalue weighted by molar-refractivity contribution is -0.162. The van der Waals surface area contributed by atoms with Gasteiger partial charge in [-0.1, -0.05) is 42.0 Å². The van der Waals surface area contributed by atoms with Gasteiger partial charge in [0.2, 0.25) is 0 Å². The van der Waals surface area contributed by atoms with Crippen LogP contribution in [0.4, 0.5) is 0 Å². The highest BCUT2D eigenvalue weighted by Crippen LogP contribution is 2.44. The van der Waals surface area contributed by atoms with Gasteiger partial charge in [-0.2, -0.15) is 0 Å². The van der Waals surface area contributed by atoms with Crippen molar-refractivity contribution in [2.75, 3.05) is 7.11 Å². The Morgan fingerprint density at radius 2 is 1.86 bits per heavy atom. The topological polar surface area (TPSA) is 52.6 Å². The van der Waals surface area contributed by atoms with E-state index >= 15 is 0 Å². The average molecular weight is 300 g/mol. The van der Waals surface area contributed by atoms with Crippen molar-refractivity contribution in [2.45, 2.75) is 31.1 Å². The largest absolute Gasteiger partial charge is 0.469 e. The van der Waals surface area contributed by atoms with Crippen molar-refractivity contribution >= 4 is 27.6 Å². The summed E-state index contributed by atoms with van der Waals surface area (Å²) in [5, 5.41) is 0.0426. The molecule has 0 bridgehead atoms. The maximum atomic E-state index is 12.5. The Kier molecular flexibility index (Phi) is 5.33. The SMILES string of the molecule is BC1(B)CCC(C(=O)OC)C(C(=O)OCc2ccccc2)C1. The third kappa shape index (κ3) is 4.15. The Morgan fingerprint density at radius 1 is 1.18 bits per heavy atom. The van der Waals surface area contributed by atoms with Crippen LogP contribution in [0.2, 0.25) is 5.21 Å². The molecule has 4 nitrogen and oxygen atoms in total. The predicted octanol–water partition coefficient (Wildman–Crippen LogP) is 0.701. The van der Waals surface area contributed by atoms with E-state index in [1.807, 2.05) is 30.3 Å². The Hall–Kier alpha value is -1.71. The quantitative estimate of drug-likeness (QED) is 0.607. The second-order valence-electron chi connectivity index (χ2n) is 6.74. The van der Waals surface area contributed by atoms with Crippen molar-refractivity contribution in [1.82, 2.24) is 0 Å². The van der Waals surface area contributed by atoms with Crippen LogP contribution in [0, 0.1) is 11.8 Å². The summed E-state index contributed by atoms with van der Waals surface area (Å²) < 4.78 is 10.3. The second-order valence-corrected chi connectivity index (χ2v) is 6.74. The maximum absolute atomic E-state index is 12.5. The first kappa shape index (κ1) is 16.7. The molecular formula is C16H22B2O4. The molecule has 0 amide bonds. The second kappa shape index (κ2) is 7.03.